The average Bonchev–Trinajstić information content (AvgIpc) is 3.08. The van der Waals surface area contributed by atoms with E-state index in [1.165, 1.54) is 23.6 Å². The van der Waals surface area contributed by atoms with E-state index in [1.54, 1.807) is 12.1 Å². The minimum atomic E-state index is -0.232. The van der Waals surface area contributed by atoms with Crippen LogP contribution in [-0.4, -0.2) is 25.0 Å². The molecule has 0 spiro atoms. The first-order valence-electron chi connectivity index (χ1n) is 8.45. The van der Waals surface area contributed by atoms with Crippen LogP contribution in [0.3, 0.4) is 0 Å². The van der Waals surface area contributed by atoms with E-state index in [-0.39, 0.29) is 29.9 Å². The molecule has 0 radical (unpaired) electrons. The van der Waals surface area contributed by atoms with Crippen LogP contribution in [0.4, 0.5) is 5.69 Å². The van der Waals surface area contributed by atoms with Crippen LogP contribution in [0.25, 0.3) is 0 Å². The molecule has 2 aromatic carbocycles. The Morgan fingerprint density at radius 2 is 1.85 bits per heavy atom. The molecule has 0 aromatic heterocycles. The molecule has 8 heteroatoms. The van der Waals surface area contributed by atoms with Gasteiger partial charge in [-0.25, -0.2) is 0 Å². The summed E-state index contributed by atoms with van der Waals surface area (Å²) in [7, 11) is 0. The van der Waals surface area contributed by atoms with Crippen molar-refractivity contribution in [1.82, 2.24) is 5.32 Å². The van der Waals surface area contributed by atoms with Crippen LogP contribution in [0.1, 0.15) is 27.9 Å². The average molecular weight is 519 g/mol. The van der Waals surface area contributed by atoms with E-state index in [1.807, 2.05) is 6.07 Å². The van der Waals surface area contributed by atoms with Gasteiger partial charge in [0.25, 0.3) is 5.91 Å². The monoisotopic (exact) mass is 518 g/mol. The molecule has 0 atom stereocenters. The molecule has 1 aliphatic carbocycles. The molecule has 0 aliphatic heterocycles. The van der Waals surface area contributed by atoms with E-state index in [9.17, 15) is 4.79 Å². The maximum absolute atomic E-state index is 12.0. The fourth-order valence-electron chi connectivity index (χ4n) is 2.92. The second-order valence-corrected chi connectivity index (χ2v) is 6.93. The first-order valence-corrected chi connectivity index (χ1v) is 9.20. The Hall–Kier alpha value is -1.51. The number of halogens is 3. The topological polar surface area (TPSA) is 79.5 Å². The fraction of sp³-hybridized carbons (Fsp3) is 0.263. The number of anilines is 1. The quantitative estimate of drug-likeness (QED) is 0.239. The zero-order valence-corrected chi connectivity index (χ0v) is 18.4. The molecule has 0 fully saturated rings. The van der Waals surface area contributed by atoms with Crippen LogP contribution in [0.15, 0.2) is 41.4 Å². The van der Waals surface area contributed by atoms with Crippen molar-refractivity contribution in [3.05, 3.63) is 63.1 Å². The van der Waals surface area contributed by atoms with Gasteiger partial charge in [-0.2, -0.15) is 0 Å². The largest absolute Gasteiger partial charge is 0.370 e. The minimum Gasteiger partial charge on any atom is -0.370 e. The molecule has 144 valence electrons. The van der Waals surface area contributed by atoms with E-state index in [0.29, 0.717) is 34.7 Å². The summed E-state index contributed by atoms with van der Waals surface area (Å²) in [5.74, 6) is 0.0932. The Kier molecular flexibility index (Phi) is 8.19. The van der Waals surface area contributed by atoms with E-state index < -0.39 is 0 Å². The molecule has 0 saturated heterocycles. The number of rotatable bonds is 5. The maximum Gasteiger partial charge on any atom is 0.251 e. The number of aryl methyl sites for hydroxylation is 2. The van der Waals surface area contributed by atoms with Crippen molar-refractivity contribution in [3.63, 3.8) is 0 Å². The highest BCUT2D eigenvalue weighted by Gasteiger charge is 2.11. The van der Waals surface area contributed by atoms with Gasteiger partial charge in [0.1, 0.15) is 0 Å². The number of nitrogens with zero attached hydrogens (tertiary/aromatic N) is 1. The van der Waals surface area contributed by atoms with Crippen molar-refractivity contribution in [2.45, 2.75) is 19.3 Å². The zero-order valence-electron chi connectivity index (χ0n) is 14.6. The van der Waals surface area contributed by atoms with Gasteiger partial charge < -0.3 is 16.4 Å². The molecular formula is C19H21Cl2IN4O. The van der Waals surface area contributed by atoms with E-state index in [2.05, 4.69) is 27.8 Å². The SMILES string of the molecule is I.NC(=NCCNC(=O)c1ccc(Cl)c(Cl)c1)Nc1ccc2c(c1)CCC2. The van der Waals surface area contributed by atoms with Crippen molar-refractivity contribution in [3.8, 4) is 0 Å². The summed E-state index contributed by atoms with van der Waals surface area (Å²) in [6.07, 6.45) is 3.47. The number of nitrogens with one attached hydrogen (secondary N) is 2. The second kappa shape index (κ2) is 10.1. The van der Waals surface area contributed by atoms with Crippen LogP contribution in [0.5, 0.6) is 0 Å². The Balaban J connectivity index is 0.00000261. The Morgan fingerprint density at radius 3 is 2.63 bits per heavy atom. The van der Waals surface area contributed by atoms with Crippen LogP contribution in [0.2, 0.25) is 10.0 Å². The fourth-order valence-corrected chi connectivity index (χ4v) is 3.22. The van der Waals surface area contributed by atoms with Crippen LogP contribution in [-0.2, 0) is 12.8 Å². The highest BCUT2D eigenvalue weighted by Crippen LogP contribution is 2.25. The number of aliphatic imine (C=N–C) groups is 1. The third-order valence-electron chi connectivity index (χ3n) is 4.23. The normalized spacial score (nSPS) is 12.9. The van der Waals surface area contributed by atoms with Gasteiger partial charge in [-0.05, 0) is 60.7 Å². The lowest BCUT2D eigenvalue weighted by atomic mass is 10.1. The van der Waals surface area contributed by atoms with E-state index >= 15 is 0 Å². The van der Waals surface area contributed by atoms with E-state index in [4.69, 9.17) is 28.9 Å². The predicted molar refractivity (Wildman–Crippen MR) is 123 cm³/mol. The standard InChI is InChI=1S/C19H20Cl2N4O.HI/c20-16-7-5-14(11-17(16)21)18(26)23-8-9-24-19(22)25-15-6-4-12-2-1-3-13(12)10-15;/h4-7,10-11H,1-3,8-9H2,(H,23,26)(H3,22,24,25);1H. The summed E-state index contributed by atoms with van der Waals surface area (Å²) < 4.78 is 0. The Labute approximate surface area is 185 Å². The number of benzene rings is 2. The molecule has 4 N–H and O–H groups in total. The first kappa shape index (κ1) is 21.8. The number of hydrogen-bond donors (Lipinski definition) is 3. The number of nitrogens with two attached hydrogens (primary N) is 1. The van der Waals surface area contributed by atoms with Crippen molar-refractivity contribution in [2.24, 2.45) is 10.7 Å². The number of carbonyl (C=O) groups is 1. The van der Waals surface area contributed by atoms with Gasteiger partial charge in [-0.3, -0.25) is 9.79 Å². The van der Waals surface area contributed by atoms with Gasteiger partial charge in [0.05, 0.1) is 16.6 Å². The van der Waals surface area contributed by atoms with Crippen LogP contribution < -0.4 is 16.4 Å². The minimum absolute atomic E-state index is 0. The van der Waals surface area contributed by atoms with Gasteiger partial charge in [-0.1, -0.05) is 29.3 Å². The lowest BCUT2D eigenvalue weighted by Crippen LogP contribution is -2.28. The Morgan fingerprint density at radius 1 is 1.07 bits per heavy atom. The maximum atomic E-state index is 12.0. The molecule has 0 bridgehead atoms. The lowest BCUT2D eigenvalue weighted by Gasteiger charge is -2.08. The summed E-state index contributed by atoms with van der Waals surface area (Å²) in [4.78, 5) is 16.3. The van der Waals surface area contributed by atoms with Crippen molar-refractivity contribution >= 4 is 64.7 Å². The molecule has 1 amide bonds. The smallest absolute Gasteiger partial charge is 0.251 e. The molecule has 3 rings (SSSR count). The van der Waals surface area contributed by atoms with E-state index in [0.717, 1.165) is 18.5 Å². The van der Waals surface area contributed by atoms with Gasteiger partial charge >= 0.3 is 0 Å². The summed E-state index contributed by atoms with van der Waals surface area (Å²) in [6, 6.07) is 11.0. The van der Waals surface area contributed by atoms with Gasteiger partial charge in [0.2, 0.25) is 0 Å². The second-order valence-electron chi connectivity index (χ2n) is 6.11. The molecule has 0 saturated carbocycles. The van der Waals surface area contributed by atoms with Crippen molar-refractivity contribution in [1.29, 1.82) is 0 Å². The van der Waals surface area contributed by atoms with Crippen LogP contribution in [0, 0.1) is 0 Å². The number of amides is 1. The predicted octanol–water partition coefficient (Wildman–Crippen LogP) is 4.26. The molecule has 27 heavy (non-hydrogen) atoms. The van der Waals surface area contributed by atoms with Crippen LogP contribution >= 0.6 is 47.2 Å². The van der Waals surface area contributed by atoms with Crippen molar-refractivity contribution < 1.29 is 4.79 Å². The molecular weight excluding hydrogens is 498 g/mol. The number of hydrogen-bond acceptors (Lipinski definition) is 2. The van der Waals surface area contributed by atoms with Gasteiger partial charge in [-0.15, -0.1) is 24.0 Å². The zero-order chi connectivity index (χ0) is 18.5. The third-order valence-corrected chi connectivity index (χ3v) is 4.97. The highest BCUT2D eigenvalue weighted by atomic mass is 127. The number of carbonyl (C=O) groups excluding carboxylic acids is 1. The summed E-state index contributed by atoms with van der Waals surface area (Å²) in [5, 5.41) is 6.62. The summed E-state index contributed by atoms with van der Waals surface area (Å²) in [6.45, 7) is 0.739. The number of guanidine groups is 1. The third kappa shape index (κ3) is 5.99. The highest BCUT2D eigenvalue weighted by molar-refractivity contribution is 14.0. The first-order chi connectivity index (χ1) is 12.5. The molecule has 0 unspecified atom stereocenters. The summed E-state index contributed by atoms with van der Waals surface area (Å²) in [5.41, 5.74) is 10.1. The summed E-state index contributed by atoms with van der Waals surface area (Å²) >= 11 is 11.8. The lowest BCUT2D eigenvalue weighted by molar-refractivity contribution is 0.0955. The van der Waals surface area contributed by atoms with Gasteiger partial charge in [0, 0.05) is 17.8 Å². The number of fused-ring (bicyclic) bond motifs is 1. The Bertz CT molecular complexity index is 858. The molecule has 1 aliphatic rings. The van der Waals surface area contributed by atoms with Gasteiger partial charge in [0.15, 0.2) is 5.96 Å². The molecule has 2 aromatic rings. The molecule has 0 heterocycles. The molecule has 5 nitrogen and oxygen atoms in total. The van der Waals surface area contributed by atoms with Crippen molar-refractivity contribution in [2.75, 3.05) is 18.4 Å².